The van der Waals surface area contributed by atoms with Crippen LogP contribution in [0.3, 0.4) is 0 Å². The number of nitrogen functional groups attached to an aromatic ring is 1. The molecule has 18 heavy (non-hydrogen) atoms. The van der Waals surface area contributed by atoms with Gasteiger partial charge in [-0.25, -0.2) is 0 Å². The highest BCUT2D eigenvalue weighted by Crippen LogP contribution is 2.21. The monoisotopic (exact) mass is 310 g/mol. The molecule has 3 N–H and O–H groups in total. The van der Waals surface area contributed by atoms with Gasteiger partial charge in [0.2, 0.25) is 0 Å². The van der Waals surface area contributed by atoms with Gasteiger partial charge in [0.05, 0.1) is 6.54 Å². The van der Waals surface area contributed by atoms with Gasteiger partial charge in [-0.05, 0) is 34.1 Å². The van der Waals surface area contributed by atoms with Crippen molar-refractivity contribution in [3.63, 3.8) is 0 Å². The molecule has 0 unspecified atom stereocenters. The smallest absolute Gasteiger partial charge is 0.323 e. The number of benzene rings is 1. The molecule has 1 rings (SSSR count). The van der Waals surface area contributed by atoms with Crippen LogP contribution >= 0.6 is 15.9 Å². The Kier molecular flexibility index (Phi) is 4.75. The molecule has 0 saturated heterocycles. The lowest BCUT2D eigenvalue weighted by Crippen LogP contribution is -2.36. The fourth-order valence-corrected chi connectivity index (χ4v) is 1.69. The Morgan fingerprint density at radius 3 is 2.67 bits per heavy atom. The fourth-order valence-electron chi connectivity index (χ4n) is 1.32. The minimum absolute atomic E-state index is 0.0624. The maximum Gasteiger partial charge on any atom is 0.323 e. The zero-order valence-electron chi connectivity index (χ0n) is 9.39. The number of anilines is 1. The number of rotatable bonds is 4. The van der Waals surface area contributed by atoms with Gasteiger partial charge in [-0.3, -0.25) is 9.59 Å². The summed E-state index contributed by atoms with van der Waals surface area (Å²) in [5, 5.41) is 8.71. The van der Waals surface area contributed by atoms with Crippen molar-refractivity contribution in [2.24, 2.45) is 0 Å². The molecular weight excluding hydrogens is 300 g/mol. The Morgan fingerprint density at radius 2 is 2.17 bits per heavy atom. The van der Waals surface area contributed by atoms with Gasteiger partial charge in [-0.2, -0.15) is 0 Å². The molecule has 5 nitrogen and oxygen atoms in total. The maximum atomic E-state index is 12.0. The van der Waals surface area contributed by atoms with Gasteiger partial charge in [0.1, 0.15) is 6.54 Å². The van der Waals surface area contributed by atoms with E-state index in [0.29, 0.717) is 15.7 Å². The second-order valence-corrected chi connectivity index (χ2v) is 4.35. The predicted octanol–water partition coefficient (Wildman–Crippen LogP) is 1.19. The highest BCUT2D eigenvalue weighted by atomic mass is 79.9. The van der Waals surface area contributed by atoms with Gasteiger partial charge in [0.25, 0.3) is 5.91 Å². The number of hydrogen-bond acceptors (Lipinski definition) is 3. The Hall–Kier alpha value is -2.00. The first-order chi connectivity index (χ1) is 8.45. The van der Waals surface area contributed by atoms with E-state index in [9.17, 15) is 9.59 Å². The van der Waals surface area contributed by atoms with Crippen molar-refractivity contribution >= 4 is 33.5 Å². The van der Waals surface area contributed by atoms with E-state index in [-0.39, 0.29) is 6.54 Å². The number of nitrogens with zero attached hydrogens (tertiary/aromatic N) is 1. The molecule has 1 aromatic carbocycles. The molecule has 94 valence electrons. The van der Waals surface area contributed by atoms with Gasteiger partial charge in [0, 0.05) is 15.7 Å². The second-order valence-electron chi connectivity index (χ2n) is 3.50. The highest BCUT2D eigenvalue weighted by Gasteiger charge is 2.18. The van der Waals surface area contributed by atoms with E-state index in [2.05, 4.69) is 21.9 Å². The van der Waals surface area contributed by atoms with E-state index in [4.69, 9.17) is 17.3 Å². The van der Waals surface area contributed by atoms with Gasteiger partial charge >= 0.3 is 5.97 Å². The molecule has 0 fully saturated rings. The lowest BCUT2D eigenvalue weighted by Gasteiger charge is -2.18. The van der Waals surface area contributed by atoms with E-state index in [1.807, 2.05) is 0 Å². The van der Waals surface area contributed by atoms with Crippen LogP contribution in [-0.2, 0) is 4.79 Å². The summed E-state index contributed by atoms with van der Waals surface area (Å²) < 4.78 is 0.573. The highest BCUT2D eigenvalue weighted by molar-refractivity contribution is 9.10. The Morgan fingerprint density at radius 1 is 1.50 bits per heavy atom. The number of carboxylic acid groups (broad SMARTS) is 1. The number of hydrogen-bond donors (Lipinski definition) is 2. The third-order valence-corrected chi connectivity index (χ3v) is 2.83. The first kappa shape index (κ1) is 14.1. The van der Waals surface area contributed by atoms with Gasteiger partial charge < -0.3 is 15.7 Å². The first-order valence-electron chi connectivity index (χ1n) is 4.95. The summed E-state index contributed by atoms with van der Waals surface area (Å²) in [6.07, 6.45) is 5.11. The van der Waals surface area contributed by atoms with Gasteiger partial charge in [-0.15, -0.1) is 6.42 Å². The largest absolute Gasteiger partial charge is 0.480 e. The molecule has 0 aromatic heterocycles. The van der Waals surface area contributed by atoms with E-state index in [1.54, 1.807) is 6.07 Å². The predicted molar refractivity (Wildman–Crippen MR) is 70.9 cm³/mol. The van der Waals surface area contributed by atoms with Crippen LogP contribution in [0, 0.1) is 12.3 Å². The van der Waals surface area contributed by atoms with E-state index in [1.165, 1.54) is 12.1 Å². The molecule has 0 aliphatic rings. The van der Waals surface area contributed by atoms with E-state index in [0.717, 1.165) is 4.90 Å². The van der Waals surface area contributed by atoms with Crippen LogP contribution in [0.2, 0.25) is 0 Å². The number of carbonyl (C=O) groups is 2. The van der Waals surface area contributed by atoms with Crippen molar-refractivity contribution in [2.75, 3.05) is 18.8 Å². The molecule has 0 aliphatic carbocycles. The standard InChI is InChI=1S/C12H11BrN2O3/c1-2-5-15(7-11(16)17)12(18)8-3-4-10(14)9(13)6-8/h1,3-4,6H,5,7,14H2,(H,16,17). The van der Waals surface area contributed by atoms with E-state index < -0.39 is 18.4 Å². The number of carbonyl (C=O) groups excluding carboxylic acids is 1. The average Bonchev–Trinajstić information content (AvgIpc) is 2.31. The third-order valence-electron chi connectivity index (χ3n) is 2.14. The molecule has 0 heterocycles. The second kappa shape index (κ2) is 6.07. The van der Waals surface area contributed by atoms with E-state index >= 15 is 0 Å². The maximum absolute atomic E-state index is 12.0. The summed E-state index contributed by atoms with van der Waals surface area (Å²) in [5.41, 5.74) is 6.43. The normalized spacial score (nSPS) is 9.56. The lowest BCUT2D eigenvalue weighted by atomic mass is 10.2. The lowest BCUT2D eigenvalue weighted by molar-refractivity contribution is -0.137. The van der Waals surface area contributed by atoms with Crippen LogP contribution in [0.15, 0.2) is 22.7 Å². The number of aliphatic carboxylic acids is 1. The summed E-state index contributed by atoms with van der Waals surface area (Å²) in [5.74, 6) is 0.690. The van der Waals surface area contributed by atoms with Crippen LogP contribution < -0.4 is 5.73 Å². The van der Waals surface area contributed by atoms with Crippen LogP contribution in [0.1, 0.15) is 10.4 Å². The zero-order valence-corrected chi connectivity index (χ0v) is 11.0. The fraction of sp³-hybridized carbons (Fsp3) is 0.167. The molecule has 1 aromatic rings. The molecule has 0 spiro atoms. The van der Waals surface area contributed by atoms with Crippen molar-refractivity contribution < 1.29 is 14.7 Å². The van der Waals surface area contributed by atoms with Crippen molar-refractivity contribution in [2.45, 2.75) is 0 Å². The SMILES string of the molecule is C#CCN(CC(=O)O)C(=O)c1ccc(N)c(Br)c1. The van der Waals surface area contributed by atoms with Crippen molar-refractivity contribution in [1.29, 1.82) is 0 Å². The minimum atomic E-state index is -1.12. The van der Waals surface area contributed by atoms with Gasteiger partial charge in [0.15, 0.2) is 0 Å². The van der Waals surface area contributed by atoms with Crippen LogP contribution in [0.5, 0.6) is 0 Å². The summed E-state index contributed by atoms with van der Waals surface area (Å²) in [4.78, 5) is 23.8. The molecule has 1 amide bonds. The number of carboxylic acids is 1. The quantitative estimate of drug-likeness (QED) is 0.646. The molecule has 6 heteroatoms. The van der Waals surface area contributed by atoms with Crippen molar-refractivity contribution in [3.8, 4) is 12.3 Å². The summed E-state index contributed by atoms with van der Waals surface area (Å²) >= 11 is 3.20. The van der Waals surface area contributed by atoms with Crippen molar-refractivity contribution in [3.05, 3.63) is 28.2 Å². The van der Waals surface area contributed by atoms with Crippen molar-refractivity contribution in [1.82, 2.24) is 4.90 Å². The molecule has 0 saturated carbocycles. The summed E-state index contributed by atoms with van der Waals surface area (Å²) in [7, 11) is 0. The number of halogens is 1. The number of amides is 1. The summed E-state index contributed by atoms with van der Waals surface area (Å²) in [6, 6.07) is 4.61. The minimum Gasteiger partial charge on any atom is -0.480 e. The first-order valence-corrected chi connectivity index (χ1v) is 5.74. The average molecular weight is 311 g/mol. The topological polar surface area (TPSA) is 83.6 Å². The number of nitrogens with two attached hydrogens (primary N) is 1. The molecular formula is C12H11BrN2O3. The molecule has 0 atom stereocenters. The van der Waals surface area contributed by atoms with Gasteiger partial charge in [-0.1, -0.05) is 5.92 Å². The molecule has 0 aliphatic heterocycles. The van der Waals surface area contributed by atoms with Crippen LogP contribution in [0.25, 0.3) is 0 Å². The Labute approximate surface area is 113 Å². The van der Waals surface area contributed by atoms with Crippen LogP contribution in [0.4, 0.5) is 5.69 Å². The molecule has 0 bridgehead atoms. The van der Waals surface area contributed by atoms with Crippen LogP contribution in [-0.4, -0.2) is 35.0 Å². The zero-order chi connectivity index (χ0) is 13.7. The Bertz CT molecular complexity index is 523. The molecule has 0 radical (unpaired) electrons. The summed E-state index contributed by atoms with van der Waals surface area (Å²) in [6.45, 7) is -0.502. The Balaban J connectivity index is 2.98. The number of terminal acetylenes is 1. The third kappa shape index (κ3) is 3.50.